The number of amides is 2. The fraction of sp³-hybridized carbons (Fsp3) is 0.143. The Morgan fingerprint density at radius 2 is 1.78 bits per heavy atom. The first kappa shape index (κ1) is 18.7. The van der Waals surface area contributed by atoms with Crippen molar-refractivity contribution in [3.63, 3.8) is 0 Å². The molecule has 1 aromatic heterocycles. The lowest BCUT2D eigenvalue weighted by Crippen LogP contribution is -2.21. The molecule has 0 aliphatic heterocycles. The molecule has 0 fully saturated rings. The number of aryl methyl sites for hydroxylation is 2. The Bertz CT molecular complexity index is 935. The van der Waals surface area contributed by atoms with Crippen molar-refractivity contribution in [3.8, 4) is 5.75 Å². The van der Waals surface area contributed by atoms with Crippen molar-refractivity contribution >= 4 is 34.5 Å². The maximum atomic E-state index is 12.2. The molecule has 2 N–H and O–H groups in total. The van der Waals surface area contributed by atoms with E-state index in [0.717, 1.165) is 11.1 Å². The van der Waals surface area contributed by atoms with Gasteiger partial charge >= 0.3 is 0 Å². The second-order valence-electron chi connectivity index (χ2n) is 6.11. The van der Waals surface area contributed by atoms with Crippen LogP contribution in [0.2, 0.25) is 0 Å². The van der Waals surface area contributed by atoms with E-state index < -0.39 is 0 Å². The van der Waals surface area contributed by atoms with Crippen LogP contribution in [-0.4, -0.2) is 18.4 Å². The van der Waals surface area contributed by atoms with Crippen LogP contribution in [0.4, 0.5) is 11.4 Å². The molecular weight excluding hydrogens is 360 g/mol. The highest BCUT2D eigenvalue weighted by Gasteiger charge is 2.10. The van der Waals surface area contributed by atoms with Gasteiger partial charge in [-0.1, -0.05) is 29.8 Å². The summed E-state index contributed by atoms with van der Waals surface area (Å²) in [5.41, 5.74) is 3.28. The summed E-state index contributed by atoms with van der Waals surface area (Å²) in [7, 11) is 0. The number of hydrogen-bond acceptors (Lipinski definition) is 4. The van der Waals surface area contributed by atoms with Crippen molar-refractivity contribution in [2.75, 3.05) is 17.2 Å². The van der Waals surface area contributed by atoms with Gasteiger partial charge in [-0.2, -0.15) is 0 Å². The van der Waals surface area contributed by atoms with E-state index in [9.17, 15) is 9.59 Å². The summed E-state index contributed by atoms with van der Waals surface area (Å²) in [6, 6.07) is 16.5. The average molecular weight is 380 g/mol. The van der Waals surface area contributed by atoms with E-state index in [1.54, 1.807) is 18.2 Å². The van der Waals surface area contributed by atoms with Gasteiger partial charge in [0.1, 0.15) is 5.75 Å². The molecule has 3 aromatic rings. The Hall–Kier alpha value is -3.12. The van der Waals surface area contributed by atoms with Gasteiger partial charge in [0.15, 0.2) is 6.61 Å². The minimum Gasteiger partial charge on any atom is -0.484 e. The lowest BCUT2D eigenvalue weighted by atomic mass is 10.1. The first-order chi connectivity index (χ1) is 13.0. The molecule has 0 aliphatic carbocycles. The van der Waals surface area contributed by atoms with Crippen LogP contribution in [-0.2, 0) is 4.79 Å². The molecule has 3 rings (SSSR count). The quantitative estimate of drug-likeness (QED) is 0.655. The predicted molar refractivity (Wildman–Crippen MR) is 109 cm³/mol. The molecule has 5 nitrogen and oxygen atoms in total. The van der Waals surface area contributed by atoms with Crippen molar-refractivity contribution < 1.29 is 14.3 Å². The predicted octanol–water partition coefficient (Wildman–Crippen LogP) is 4.63. The molecule has 0 saturated heterocycles. The topological polar surface area (TPSA) is 67.4 Å². The smallest absolute Gasteiger partial charge is 0.265 e. The molecule has 6 heteroatoms. The average Bonchev–Trinajstić information content (AvgIpc) is 3.19. The number of anilines is 2. The van der Waals surface area contributed by atoms with Gasteiger partial charge in [-0.15, -0.1) is 11.3 Å². The molecule has 0 atom stereocenters. The molecule has 138 valence electrons. The highest BCUT2D eigenvalue weighted by Crippen LogP contribution is 2.22. The second kappa shape index (κ2) is 8.51. The Balaban J connectivity index is 1.61. The van der Waals surface area contributed by atoms with E-state index in [0.29, 0.717) is 22.0 Å². The van der Waals surface area contributed by atoms with Gasteiger partial charge in [-0.25, -0.2) is 0 Å². The third-order valence-corrected chi connectivity index (χ3v) is 4.77. The SMILES string of the molecule is Cc1ccc(OCC(=O)Nc2cc(NC(=O)c3cccs3)ccc2C)cc1. The third-order valence-electron chi connectivity index (χ3n) is 3.91. The zero-order valence-electron chi connectivity index (χ0n) is 15.1. The van der Waals surface area contributed by atoms with Gasteiger partial charge in [-0.05, 0) is 55.1 Å². The highest BCUT2D eigenvalue weighted by molar-refractivity contribution is 7.12. The third kappa shape index (κ3) is 5.18. The van der Waals surface area contributed by atoms with Crippen molar-refractivity contribution in [2.24, 2.45) is 0 Å². The largest absolute Gasteiger partial charge is 0.484 e. The summed E-state index contributed by atoms with van der Waals surface area (Å²) in [4.78, 5) is 25.0. The molecule has 0 radical (unpaired) electrons. The van der Waals surface area contributed by atoms with Crippen LogP contribution in [0.15, 0.2) is 60.0 Å². The van der Waals surface area contributed by atoms with Crippen molar-refractivity contribution in [2.45, 2.75) is 13.8 Å². The summed E-state index contributed by atoms with van der Waals surface area (Å²) in [5, 5.41) is 7.52. The molecule has 27 heavy (non-hydrogen) atoms. The van der Waals surface area contributed by atoms with Gasteiger partial charge in [0.25, 0.3) is 11.8 Å². The fourth-order valence-electron chi connectivity index (χ4n) is 2.40. The minimum absolute atomic E-state index is 0.0890. The maximum absolute atomic E-state index is 12.2. The van der Waals surface area contributed by atoms with E-state index in [-0.39, 0.29) is 18.4 Å². The first-order valence-electron chi connectivity index (χ1n) is 8.46. The van der Waals surface area contributed by atoms with Crippen molar-refractivity contribution in [1.29, 1.82) is 0 Å². The summed E-state index contributed by atoms with van der Waals surface area (Å²) in [6.45, 7) is 3.79. The van der Waals surface area contributed by atoms with E-state index >= 15 is 0 Å². The Morgan fingerprint density at radius 1 is 1.00 bits per heavy atom. The maximum Gasteiger partial charge on any atom is 0.265 e. The van der Waals surface area contributed by atoms with Crippen LogP contribution < -0.4 is 15.4 Å². The van der Waals surface area contributed by atoms with Gasteiger partial charge in [0.05, 0.1) is 4.88 Å². The summed E-state index contributed by atoms with van der Waals surface area (Å²) in [5.74, 6) is 0.207. The first-order valence-corrected chi connectivity index (χ1v) is 9.34. The molecule has 1 heterocycles. The fourth-order valence-corrected chi connectivity index (χ4v) is 3.02. The summed E-state index contributed by atoms with van der Waals surface area (Å²) in [6.07, 6.45) is 0. The zero-order chi connectivity index (χ0) is 19.2. The van der Waals surface area contributed by atoms with Gasteiger partial charge in [-0.3, -0.25) is 9.59 Å². The number of carbonyl (C=O) groups excluding carboxylic acids is 2. The van der Waals surface area contributed by atoms with Crippen LogP contribution in [0.3, 0.4) is 0 Å². The molecule has 0 bridgehead atoms. The van der Waals surface area contributed by atoms with E-state index in [4.69, 9.17) is 4.74 Å². The monoisotopic (exact) mass is 380 g/mol. The lowest BCUT2D eigenvalue weighted by Gasteiger charge is -2.12. The second-order valence-corrected chi connectivity index (χ2v) is 7.06. The molecule has 0 aliphatic rings. The van der Waals surface area contributed by atoms with Gasteiger partial charge in [0, 0.05) is 11.4 Å². The van der Waals surface area contributed by atoms with Crippen molar-refractivity contribution in [3.05, 3.63) is 76.0 Å². The van der Waals surface area contributed by atoms with E-state index in [1.165, 1.54) is 11.3 Å². The normalized spacial score (nSPS) is 10.3. The highest BCUT2D eigenvalue weighted by atomic mass is 32.1. The number of carbonyl (C=O) groups is 2. The minimum atomic E-state index is -0.264. The summed E-state index contributed by atoms with van der Waals surface area (Å²) < 4.78 is 5.50. The van der Waals surface area contributed by atoms with Crippen LogP contribution in [0.1, 0.15) is 20.8 Å². The Labute approximate surface area is 162 Å². The number of ether oxygens (including phenoxy) is 1. The molecule has 2 amide bonds. The summed E-state index contributed by atoms with van der Waals surface area (Å²) >= 11 is 1.38. The molecule has 0 spiro atoms. The molecular formula is C21H20N2O3S. The Kier molecular flexibility index (Phi) is 5.88. The van der Waals surface area contributed by atoms with Gasteiger partial charge in [0.2, 0.25) is 0 Å². The number of rotatable bonds is 6. The van der Waals surface area contributed by atoms with E-state index in [1.807, 2.05) is 55.6 Å². The number of benzene rings is 2. The zero-order valence-corrected chi connectivity index (χ0v) is 15.9. The van der Waals surface area contributed by atoms with Crippen molar-refractivity contribution in [1.82, 2.24) is 0 Å². The molecule has 2 aromatic carbocycles. The lowest BCUT2D eigenvalue weighted by molar-refractivity contribution is -0.118. The van der Waals surface area contributed by atoms with Crippen LogP contribution in [0.5, 0.6) is 5.75 Å². The molecule has 0 saturated carbocycles. The van der Waals surface area contributed by atoms with E-state index in [2.05, 4.69) is 10.6 Å². The standard InChI is InChI=1S/C21H20N2O3S/c1-14-5-9-17(10-6-14)26-13-20(24)23-18-12-16(8-7-15(18)2)22-21(25)19-4-3-11-27-19/h3-12H,13H2,1-2H3,(H,22,25)(H,23,24). The van der Waals surface area contributed by atoms with Crippen LogP contribution in [0.25, 0.3) is 0 Å². The van der Waals surface area contributed by atoms with Gasteiger partial charge < -0.3 is 15.4 Å². The van der Waals surface area contributed by atoms with Crippen LogP contribution in [0, 0.1) is 13.8 Å². The number of nitrogens with one attached hydrogen (secondary N) is 2. The van der Waals surface area contributed by atoms with Crippen LogP contribution >= 0.6 is 11.3 Å². The number of thiophene rings is 1. The Morgan fingerprint density at radius 3 is 2.48 bits per heavy atom. The number of hydrogen-bond donors (Lipinski definition) is 2. The molecule has 0 unspecified atom stereocenters.